The predicted molar refractivity (Wildman–Crippen MR) is 361 cm³/mol. The highest BCUT2D eigenvalue weighted by atomic mass is 35.5. The first-order chi connectivity index (χ1) is 47.1. The Morgan fingerprint density at radius 2 is 1.08 bits per heavy atom. The van der Waals surface area contributed by atoms with E-state index < -0.39 is 70.4 Å². The van der Waals surface area contributed by atoms with Gasteiger partial charge >= 0.3 is 0 Å². The average molecular weight is 1400 g/mol. The largest absolute Gasteiger partial charge is 0.325 e. The van der Waals surface area contributed by atoms with Crippen molar-refractivity contribution in [2.75, 3.05) is 16.0 Å². The molecule has 0 radical (unpaired) electrons. The van der Waals surface area contributed by atoms with Gasteiger partial charge in [-0.2, -0.15) is 20.4 Å². The maximum absolute atomic E-state index is 13.8. The molecule has 4 amide bonds. The van der Waals surface area contributed by atoms with E-state index in [-0.39, 0.29) is 39.3 Å². The first-order valence-corrected chi connectivity index (χ1v) is 32.7. The second-order valence-corrected chi connectivity index (χ2v) is 26.8. The van der Waals surface area contributed by atoms with Crippen LogP contribution in [0.3, 0.4) is 0 Å². The smallest absolute Gasteiger partial charge is 0.276 e. The van der Waals surface area contributed by atoms with E-state index in [0.29, 0.717) is 56.4 Å². The number of carbonyl (C=O) groups excluding carboxylic acids is 4. The lowest BCUT2D eigenvalue weighted by molar-refractivity contribution is 0.0952. The average Bonchev–Trinajstić information content (AvgIpc) is 1.56. The number of carbonyl (C=O) groups is 4. The molecular formula is C73H70Cl2F8N12O4. The van der Waals surface area contributed by atoms with Gasteiger partial charge in [0.1, 0.15) is 5.82 Å². The van der Waals surface area contributed by atoms with Crippen LogP contribution in [0.25, 0.3) is 22.3 Å². The summed E-state index contributed by atoms with van der Waals surface area (Å²) in [5, 5.41) is 27.8. The molecule has 4 aromatic heterocycles. The molecule has 516 valence electrons. The number of nitrogens with zero attached hydrogens (tertiary/aromatic N) is 8. The normalized spacial score (nSPS) is 19.0. The molecule has 5 aliphatic rings. The highest BCUT2D eigenvalue weighted by molar-refractivity contribution is 6.42. The van der Waals surface area contributed by atoms with E-state index in [2.05, 4.69) is 85.9 Å². The lowest BCUT2D eigenvalue weighted by atomic mass is 9.75. The Morgan fingerprint density at radius 3 is 1.64 bits per heavy atom. The summed E-state index contributed by atoms with van der Waals surface area (Å²) in [5.74, 6) is -1.90. The first-order valence-electron chi connectivity index (χ1n) is 31.9. The van der Waals surface area contributed by atoms with E-state index in [1.807, 2.05) is 40.1 Å². The molecule has 14 rings (SSSR count). The fourth-order valence-corrected chi connectivity index (χ4v) is 14.4. The van der Waals surface area contributed by atoms with Crippen molar-refractivity contribution in [3.05, 3.63) is 230 Å². The zero-order chi connectivity index (χ0) is 71.0. The van der Waals surface area contributed by atoms with Crippen molar-refractivity contribution >= 4 is 63.9 Å². The molecule has 4 N–H and O–H groups in total. The zero-order valence-corrected chi connectivity index (χ0v) is 56.5. The van der Waals surface area contributed by atoms with Crippen LogP contribution in [0.15, 0.2) is 146 Å². The molecule has 4 saturated carbocycles. The van der Waals surface area contributed by atoms with Gasteiger partial charge in [-0.05, 0) is 164 Å². The van der Waals surface area contributed by atoms with Gasteiger partial charge in [-0.15, -0.1) is 0 Å². The number of anilines is 3. The Kier molecular flexibility index (Phi) is 20.7. The van der Waals surface area contributed by atoms with Crippen LogP contribution < -0.4 is 21.3 Å². The minimum atomic E-state index is -2.91. The number of benzene rings is 5. The fourth-order valence-electron chi connectivity index (χ4n) is 14.1. The molecule has 9 aromatic rings. The van der Waals surface area contributed by atoms with Crippen molar-refractivity contribution in [2.24, 2.45) is 69.1 Å². The first kappa shape index (κ1) is 70.6. The number of amides is 4. The number of rotatable bonds is 14. The summed E-state index contributed by atoms with van der Waals surface area (Å²) < 4.78 is 112. The van der Waals surface area contributed by atoms with Gasteiger partial charge in [0.15, 0.2) is 28.8 Å². The lowest BCUT2D eigenvalue weighted by Gasteiger charge is -2.33. The van der Waals surface area contributed by atoms with Crippen molar-refractivity contribution in [3.63, 3.8) is 0 Å². The number of alkyl halides is 4. The Hall–Kier alpha value is -9.68. The third-order valence-electron chi connectivity index (χ3n) is 19.0. The molecule has 4 heterocycles. The molecule has 5 aliphatic carbocycles. The zero-order valence-electron chi connectivity index (χ0n) is 55.0. The Morgan fingerprint density at radius 1 is 0.556 bits per heavy atom. The molecule has 0 aliphatic heterocycles. The maximum Gasteiger partial charge on any atom is 0.276 e. The number of para-hydroxylation sites is 2. The third kappa shape index (κ3) is 15.5. The number of hydrogen-bond acceptors (Lipinski definition) is 8. The number of fused-ring (bicyclic) bond motifs is 5. The summed E-state index contributed by atoms with van der Waals surface area (Å²) in [5.41, 5.74) is 5.94. The van der Waals surface area contributed by atoms with Crippen LogP contribution in [-0.2, 0) is 28.2 Å². The van der Waals surface area contributed by atoms with Crippen LogP contribution in [0.5, 0.6) is 0 Å². The minimum Gasteiger partial charge on any atom is -0.325 e. The topological polar surface area (TPSA) is 188 Å². The number of aromatic nitrogens is 8. The third-order valence-corrected chi connectivity index (χ3v) is 19.7. The quantitative estimate of drug-likeness (QED) is 0.0611. The van der Waals surface area contributed by atoms with Gasteiger partial charge in [-0.25, -0.2) is 35.1 Å². The highest BCUT2D eigenvalue weighted by Gasteiger charge is 2.59. The monoisotopic (exact) mass is 1400 g/mol. The van der Waals surface area contributed by atoms with E-state index >= 15 is 0 Å². The van der Waals surface area contributed by atoms with Crippen LogP contribution in [-0.4, -0.2) is 62.8 Å². The fraction of sp³-hybridized carbons (Fsp3) is 0.315. The van der Waals surface area contributed by atoms with E-state index in [1.54, 1.807) is 27.8 Å². The van der Waals surface area contributed by atoms with Gasteiger partial charge in [0.2, 0.25) is 0 Å². The summed E-state index contributed by atoms with van der Waals surface area (Å²) >= 11 is 11.9. The van der Waals surface area contributed by atoms with Gasteiger partial charge in [0, 0.05) is 92.8 Å². The number of nitrogens with one attached hydrogen (secondary N) is 4. The maximum atomic E-state index is 13.8. The van der Waals surface area contributed by atoms with E-state index in [1.165, 1.54) is 100 Å². The van der Waals surface area contributed by atoms with Gasteiger partial charge in [0.05, 0.1) is 43.7 Å². The van der Waals surface area contributed by atoms with Gasteiger partial charge in [-0.3, -0.25) is 37.9 Å². The molecule has 99 heavy (non-hydrogen) atoms. The number of halogens is 10. The Labute approximate surface area is 575 Å². The van der Waals surface area contributed by atoms with Crippen molar-refractivity contribution < 1.29 is 54.3 Å². The van der Waals surface area contributed by atoms with Gasteiger partial charge in [-0.1, -0.05) is 91.7 Å². The van der Waals surface area contributed by atoms with Crippen LogP contribution >= 0.6 is 23.2 Å². The van der Waals surface area contributed by atoms with Gasteiger partial charge < -0.3 is 21.3 Å². The van der Waals surface area contributed by atoms with Crippen LogP contribution in [0.1, 0.15) is 134 Å². The van der Waals surface area contributed by atoms with E-state index in [4.69, 9.17) is 23.2 Å². The van der Waals surface area contributed by atoms with Gasteiger partial charge in [0.25, 0.3) is 36.5 Å². The second-order valence-electron chi connectivity index (χ2n) is 26.0. The summed E-state index contributed by atoms with van der Waals surface area (Å²) in [7, 11) is 6.51. The molecule has 16 nitrogen and oxygen atoms in total. The molecule has 0 spiro atoms. The van der Waals surface area contributed by atoms with E-state index in [0.717, 1.165) is 80.5 Å². The van der Waals surface area contributed by atoms with Crippen molar-refractivity contribution in [3.8, 4) is 22.3 Å². The SMILES string of the molecule is Cc1nn(C)cc1C(=O)NC1=CC=CC2C1C1CCC2C1(C)C.Cc1nn(C)cc1C(=O)Nc1ccccc1C1CC1C1CC1.Cn1cc(C(F)F)c(C(=O)Nc2ccc(F)cc2-c2ccc(Cl)c(Cl)c2)n1.Cn1cc(C(F)F)c(C(=O)Nc2ccccc2-c2cc(F)c(F)c(F)c2)n1. The van der Waals surface area contributed by atoms with Crippen LogP contribution in [0, 0.1) is 78.0 Å². The summed E-state index contributed by atoms with van der Waals surface area (Å²) in [4.78, 5) is 50.1. The standard InChI is InChI=1S/C19H25N3O.C18H12Cl2F3N3O.C18H12F5N3O.C18H21N3O/c1-11-13(10-22(4)21-11)18(23)20-16-7-5-6-12-14-8-9-15(17(12)16)19(14,2)3;1-26-8-12(17(22)23)16(25-26)18(27)24-15-5-3-10(21)7-11(15)9-2-4-13(19)14(20)6-9;1-26-8-11(17(22)23)16(25-26)18(27)24-14-5-3-2-4-10(14)9-6-12(19)15(21)13(20)7-9;1-11-16(10-21(2)20-11)18(22)19-17-6-4-3-5-13(17)15-9-14(15)12-7-8-12/h5-7,10,12,14-15,17H,8-9H2,1-4H3,(H,20,23);2*2-8,17H,1H3,(H,24,27);3-6,10,12,14-15H,7-9H2,1-2H3,(H,19,22). The predicted octanol–water partition coefficient (Wildman–Crippen LogP) is 17.1. The molecule has 2 bridgehead atoms. The highest BCUT2D eigenvalue weighted by Crippen LogP contribution is 2.65. The molecule has 5 aromatic carbocycles. The van der Waals surface area contributed by atoms with Crippen molar-refractivity contribution in [1.82, 2.24) is 44.4 Å². The second kappa shape index (κ2) is 29.0. The number of aryl methyl sites for hydroxylation is 6. The lowest BCUT2D eigenvalue weighted by Crippen LogP contribution is -2.34. The summed E-state index contributed by atoms with van der Waals surface area (Å²) in [6, 6.07) is 24.0. The summed E-state index contributed by atoms with van der Waals surface area (Å²) in [6.07, 6.45) is 13.2. The van der Waals surface area contributed by atoms with Crippen LogP contribution in [0.4, 0.5) is 52.2 Å². The number of hydrogen-bond donors (Lipinski definition) is 4. The van der Waals surface area contributed by atoms with Crippen molar-refractivity contribution in [1.29, 1.82) is 0 Å². The molecular weight excluding hydrogens is 1330 g/mol. The molecule has 26 heteroatoms. The molecule has 0 saturated heterocycles. The van der Waals surface area contributed by atoms with Crippen LogP contribution in [0.2, 0.25) is 10.0 Å². The molecule has 6 unspecified atom stereocenters. The Balaban J connectivity index is 0.000000134. The number of allylic oxidation sites excluding steroid dienone is 4. The summed E-state index contributed by atoms with van der Waals surface area (Å²) in [6.45, 7) is 8.57. The Bertz CT molecular complexity index is 4630. The van der Waals surface area contributed by atoms with Crippen molar-refractivity contribution in [2.45, 2.75) is 78.6 Å². The molecule has 6 atom stereocenters. The van der Waals surface area contributed by atoms with E-state index in [9.17, 15) is 54.3 Å². The minimum absolute atomic E-state index is 0.0302. The molecule has 4 fully saturated rings.